The van der Waals surface area contributed by atoms with E-state index < -0.39 is 0 Å². The first-order chi connectivity index (χ1) is 14.6. The van der Waals surface area contributed by atoms with Crippen LogP contribution in [0.4, 0.5) is 0 Å². The van der Waals surface area contributed by atoms with Crippen molar-refractivity contribution in [3.05, 3.63) is 88.5 Å². The summed E-state index contributed by atoms with van der Waals surface area (Å²) in [7, 11) is 0. The molecule has 1 unspecified atom stereocenters. The van der Waals surface area contributed by atoms with E-state index in [1.165, 1.54) is 0 Å². The van der Waals surface area contributed by atoms with Gasteiger partial charge in [-0.3, -0.25) is 4.79 Å². The van der Waals surface area contributed by atoms with Gasteiger partial charge in [0, 0.05) is 37.4 Å². The highest BCUT2D eigenvalue weighted by atomic mass is 35.5. The van der Waals surface area contributed by atoms with Gasteiger partial charge in [0.05, 0.1) is 29.7 Å². The topological polar surface area (TPSA) is 74.0 Å². The SMILES string of the molecule is N#Cc1ccc(Cn2cncc2CNC2CCN(Cc3ccccc3Cl)C2=O)cc1. The summed E-state index contributed by atoms with van der Waals surface area (Å²) in [5, 5.41) is 13.0. The predicted molar refractivity (Wildman–Crippen MR) is 115 cm³/mol. The number of hydrogen-bond acceptors (Lipinski definition) is 4. The smallest absolute Gasteiger partial charge is 0.240 e. The van der Waals surface area contributed by atoms with Gasteiger partial charge < -0.3 is 14.8 Å². The lowest BCUT2D eigenvalue weighted by Crippen LogP contribution is -2.38. The molecule has 1 aromatic heterocycles. The highest BCUT2D eigenvalue weighted by molar-refractivity contribution is 6.31. The van der Waals surface area contributed by atoms with Crippen molar-refractivity contribution in [1.29, 1.82) is 5.26 Å². The Morgan fingerprint density at radius 1 is 1.17 bits per heavy atom. The lowest BCUT2D eigenvalue weighted by atomic mass is 10.1. The molecule has 1 saturated heterocycles. The Bertz CT molecular complexity index is 1070. The van der Waals surface area contributed by atoms with E-state index in [1.54, 1.807) is 6.33 Å². The summed E-state index contributed by atoms with van der Waals surface area (Å²) in [6.07, 6.45) is 4.38. The molecule has 0 radical (unpaired) electrons. The number of carbonyl (C=O) groups excluding carboxylic acids is 1. The average Bonchev–Trinajstić information content (AvgIpc) is 3.35. The molecule has 2 aromatic carbocycles. The number of likely N-dealkylation sites (tertiary alicyclic amines) is 1. The van der Waals surface area contributed by atoms with Crippen molar-refractivity contribution >= 4 is 17.5 Å². The molecule has 1 aliphatic rings. The monoisotopic (exact) mass is 419 g/mol. The number of nitrogens with one attached hydrogen (secondary N) is 1. The number of rotatable bonds is 7. The Morgan fingerprint density at radius 2 is 1.97 bits per heavy atom. The van der Waals surface area contributed by atoms with Crippen LogP contribution in [-0.2, 0) is 24.4 Å². The quantitative estimate of drug-likeness (QED) is 0.637. The molecule has 2 heterocycles. The third-order valence-corrected chi connectivity index (χ3v) is 5.75. The average molecular weight is 420 g/mol. The lowest BCUT2D eigenvalue weighted by Gasteiger charge is -2.18. The molecule has 152 valence electrons. The fourth-order valence-corrected chi connectivity index (χ4v) is 3.86. The summed E-state index contributed by atoms with van der Waals surface area (Å²) in [5.74, 6) is 0.105. The summed E-state index contributed by atoms with van der Waals surface area (Å²) < 4.78 is 2.05. The minimum Gasteiger partial charge on any atom is -0.337 e. The first-order valence-corrected chi connectivity index (χ1v) is 10.3. The van der Waals surface area contributed by atoms with Crippen molar-refractivity contribution in [2.45, 2.75) is 32.1 Å². The molecule has 6 nitrogen and oxygen atoms in total. The third kappa shape index (κ3) is 4.54. The van der Waals surface area contributed by atoms with E-state index in [-0.39, 0.29) is 11.9 Å². The van der Waals surface area contributed by atoms with Crippen molar-refractivity contribution in [2.24, 2.45) is 0 Å². The first-order valence-electron chi connectivity index (χ1n) is 9.87. The van der Waals surface area contributed by atoms with E-state index in [1.807, 2.05) is 59.6 Å². The second kappa shape index (κ2) is 9.12. The highest BCUT2D eigenvalue weighted by Crippen LogP contribution is 2.21. The molecule has 4 rings (SSSR count). The van der Waals surface area contributed by atoms with Gasteiger partial charge in [0.1, 0.15) is 0 Å². The second-order valence-electron chi connectivity index (χ2n) is 7.39. The Labute approximate surface area is 180 Å². The Hall–Kier alpha value is -3.14. The second-order valence-corrected chi connectivity index (χ2v) is 7.80. The minimum atomic E-state index is -0.203. The van der Waals surface area contributed by atoms with Gasteiger partial charge in [-0.1, -0.05) is 41.9 Å². The number of benzene rings is 2. The van der Waals surface area contributed by atoms with Gasteiger partial charge in [0.25, 0.3) is 0 Å². The van der Waals surface area contributed by atoms with Crippen LogP contribution >= 0.6 is 11.6 Å². The van der Waals surface area contributed by atoms with Crippen LogP contribution in [-0.4, -0.2) is 32.9 Å². The zero-order chi connectivity index (χ0) is 20.9. The van der Waals surface area contributed by atoms with Gasteiger partial charge in [0.15, 0.2) is 0 Å². The van der Waals surface area contributed by atoms with Crippen LogP contribution in [0.1, 0.15) is 28.8 Å². The van der Waals surface area contributed by atoms with Gasteiger partial charge in [-0.25, -0.2) is 4.98 Å². The normalized spacial score (nSPS) is 16.1. The van der Waals surface area contributed by atoms with Crippen LogP contribution < -0.4 is 5.32 Å². The van der Waals surface area contributed by atoms with Crippen LogP contribution in [0.2, 0.25) is 5.02 Å². The Morgan fingerprint density at radius 3 is 2.73 bits per heavy atom. The van der Waals surface area contributed by atoms with Crippen LogP contribution in [0.5, 0.6) is 0 Å². The molecular weight excluding hydrogens is 398 g/mol. The summed E-state index contributed by atoms with van der Waals surface area (Å²) in [4.78, 5) is 18.9. The van der Waals surface area contributed by atoms with Crippen molar-refractivity contribution in [3.8, 4) is 6.07 Å². The molecule has 0 bridgehead atoms. The molecule has 0 spiro atoms. The molecule has 0 saturated carbocycles. The molecular formula is C23H22ClN5O. The molecule has 30 heavy (non-hydrogen) atoms. The van der Waals surface area contributed by atoms with Gasteiger partial charge in [-0.05, 0) is 35.7 Å². The molecule has 3 aromatic rings. The van der Waals surface area contributed by atoms with E-state index in [4.69, 9.17) is 16.9 Å². The Balaban J connectivity index is 1.34. The molecule has 7 heteroatoms. The van der Waals surface area contributed by atoms with Crippen molar-refractivity contribution in [2.75, 3.05) is 6.54 Å². The summed E-state index contributed by atoms with van der Waals surface area (Å²) in [6, 6.07) is 17.1. The number of aromatic nitrogens is 2. The van der Waals surface area contributed by atoms with Gasteiger partial charge in [0.2, 0.25) is 5.91 Å². The fourth-order valence-electron chi connectivity index (χ4n) is 3.66. The number of hydrogen-bond donors (Lipinski definition) is 1. The molecule has 1 N–H and O–H groups in total. The number of amides is 1. The molecule has 1 atom stereocenters. The van der Waals surface area contributed by atoms with E-state index in [0.717, 1.165) is 23.2 Å². The van der Waals surface area contributed by atoms with Crippen LogP contribution in [0.25, 0.3) is 0 Å². The maximum Gasteiger partial charge on any atom is 0.240 e. The number of imidazole rings is 1. The van der Waals surface area contributed by atoms with E-state index in [0.29, 0.717) is 36.8 Å². The lowest BCUT2D eigenvalue weighted by molar-refractivity contribution is -0.129. The van der Waals surface area contributed by atoms with Crippen LogP contribution in [0, 0.1) is 11.3 Å². The van der Waals surface area contributed by atoms with Crippen molar-refractivity contribution in [1.82, 2.24) is 19.8 Å². The van der Waals surface area contributed by atoms with Gasteiger partial charge in [-0.2, -0.15) is 5.26 Å². The number of halogens is 1. The summed E-state index contributed by atoms with van der Waals surface area (Å²) >= 11 is 6.24. The molecule has 1 amide bonds. The van der Waals surface area contributed by atoms with Gasteiger partial charge in [-0.15, -0.1) is 0 Å². The molecule has 0 aliphatic carbocycles. The number of carbonyl (C=O) groups is 1. The van der Waals surface area contributed by atoms with Gasteiger partial charge >= 0.3 is 0 Å². The van der Waals surface area contributed by atoms with Crippen LogP contribution in [0.15, 0.2) is 61.1 Å². The first kappa shape index (κ1) is 20.1. The number of nitriles is 1. The Kier molecular flexibility index (Phi) is 6.12. The summed E-state index contributed by atoms with van der Waals surface area (Å²) in [6.45, 7) is 2.48. The third-order valence-electron chi connectivity index (χ3n) is 5.38. The largest absolute Gasteiger partial charge is 0.337 e. The molecule has 1 aliphatic heterocycles. The predicted octanol–water partition coefficient (Wildman–Crippen LogP) is 3.35. The maximum absolute atomic E-state index is 12.8. The maximum atomic E-state index is 12.8. The van der Waals surface area contributed by atoms with E-state index in [9.17, 15) is 4.79 Å². The van der Waals surface area contributed by atoms with Crippen LogP contribution in [0.3, 0.4) is 0 Å². The highest BCUT2D eigenvalue weighted by Gasteiger charge is 2.31. The fraction of sp³-hybridized carbons (Fsp3) is 0.261. The summed E-state index contributed by atoms with van der Waals surface area (Å²) in [5.41, 5.74) is 3.72. The molecule has 1 fully saturated rings. The zero-order valence-electron chi connectivity index (χ0n) is 16.5. The zero-order valence-corrected chi connectivity index (χ0v) is 17.2. The minimum absolute atomic E-state index is 0.105. The van der Waals surface area contributed by atoms with Crippen molar-refractivity contribution in [3.63, 3.8) is 0 Å². The van der Waals surface area contributed by atoms with E-state index in [2.05, 4.69) is 20.9 Å². The van der Waals surface area contributed by atoms with Crippen molar-refractivity contribution < 1.29 is 4.79 Å². The number of nitrogens with zero attached hydrogens (tertiary/aromatic N) is 4. The standard InChI is InChI=1S/C23H22ClN5O/c24-21-4-2-1-3-19(21)15-28-10-9-22(23(28)30)27-13-20-12-26-16-29(20)14-18-7-5-17(11-25)6-8-18/h1-8,12,16,22,27H,9-10,13-15H2. The van der Waals surface area contributed by atoms with E-state index >= 15 is 0 Å².